The number of carbonyl (C=O) groups excluding carboxylic acids is 1. The first kappa shape index (κ1) is 16.5. The molecular weight excluding hydrogens is 306 g/mol. The minimum absolute atomic E-state index is 0.0489. The molecule has 0 aliphatic heterocycles. The zero-order chi connectivity index (χ0) is 15.2. The van der Waals surface area contributed by atoms with Crippen LogP contribution in [-0.2, 0) is 21.3 Å². The normalized spacial score (nSPS) is 16.9. The summed E-state index contributed by atoms with van der Waals surface area (Å²) in [5.74, 6) is 1.18. The number of carbonyl (C=O) groups is 1. The molecule has 0 unspecified atom stereocenters. The van der Waals surface area contributed by atoms with Crippen molar-refractivity contribution < 1.29 is 9.00 Å². The molecule has 5 heteroatoms. The van der Waals surface area contributed by atoms with Gasteiger partial charge in [-0.3, -0.25) is 9.00 Å². The van der Waals surface area contributed by atoms with Crippen LogP contribution in [0.4, 0.5) is 5.69 Å². The number of rotatable bonds is 6. The number of anilines is 1. The molecule has 0 radical (unpaired) electrons. The molecule has 3 nitrogen and oxygen atoms in total. The Morgan fingerprint density at radius 1 is 1.38 bits per heavy atom. The molecule has 1 fully saturated rings. The summed E-state index contributed by atoms with van der Waals surface area (Å²) in [6.07, 6.45) is 8.33. The lowest BCUT2D eigenvalue weighted by Gasteiger charge is -2.10. The van der Waals surface area contributed by atoms with Crippen LogP contribution in [0.25, 0.3) is 0 Å². The maximum Gasteiger partial charge on any atom is 0.224 e. The second-order valence-electron chi connectivity index (χ2n) is 5.76. The van der Waals surface area contributed by atoms with Crippen molar-refractivity contribution in [3.63, 3.8) is 0 Å². The minimum Gasteiger partial charge on any atom is -0.326 e. The van der Waals surface area contributed by atoms with Crippen LogP contribution >= 0.6 is 11.6 Å². The highest BCUT2D eigenvalue weighted by Crippen LogP contribution is 2.28. The predicted molar refractivity (Wildman–Crippen MR) is 89.0 cm³/mol. The smallest absolute Gasteiger partial charge is 0.224 e. The summed E-state index contributed by atoms with van der Waals surface area (Å²) in [5, 5.41) is 3.50. The summed E-state index contributed by atoms with van der Waals surface area (Å²) < 4.78 is 11.3. The maximum atomic E-state index is 12.0. The van der Waals surface area contributed by atoms with Crippen LogP contribution in [-0.4, -0.2) is 16.4 Å². The Balaban J connectivity index is 1.89. The van der Waals surface area contributed by atoms with E-state index in [9.17, 15) is 9.00 Å². The van der Waals surface area contributed by atoms with Gasteiger partial charge in [0, 0.05) is 39.9 Å². The molecule has 1 aliphatic rings. The molecule has 1 N–H and O–H groups in total. The van der Waals surface area contributed by atoms with Gasteiger partial charge in [-0.25, -0.2) is 0 Å². The predicted octanol–water partition coefficient (Wildman–Crippen LogP) is 4.13. The molecule has 1 aromatic carbocycles. The molecule has 1 atom stereocenters. The number of halogens is 1. The van der Waals surface area contributed by atoms with Gasteiger partial charge >= 0.3 is 0 Å². The first-order chi connectivity index (χ1) is 10.0. The summed E-state index contributed by atoms with van der Waals surface area (Å²) in [4.78, 5) is 12.0. The molecule has 1 amide bonds. The van der Waals surface area contributed by atoms with Gasteiger partial charge in [0.15, 0.2) is 0 Å². The zero-order valence-electron chi connectivity index (χ0n) is 12.4. The zero-order valence-corrected chi connectivity index (χ0v) is 13.9. The lowest BCUT2D eigenvalue weighted by atomic mass is 10.0. The number of hydrogen-bond donors (Lipinski definition) is 1. The van der Waals surface area contributed by atoms with Gasteiger partial charge in [0.05, 0.1) is 0 Å². The first-order valence-electron chi connectivity index (χ1n) is 7.43. The molecule has 21 heavy (non-hydrogen) atoms. The van der Waals surface area contributed by atoms with Gasteiger partial charge in [0.2, 0.25) is 5.91 Å². The van der Waals surface area contributed by atoms with Gasteiger partial charge in [-0.05, 0) is 36.1 Å². The summed E-state index contributed by atoms with van der Waals surface area (Å²) in [5.41, 5.74) is 1.54. The highest BCUT2D eigenvalue weighted by molar-refractivity contribution is 7.83. The molecule has 1 aromatic rings. The van der Waals surface area contributed by atoms with Crippen LogP contribution in [0.1, 0.15) is 44.1 Å². The van der Waals surface area contributed by atoms with E-state index in [1.807, 2.05) is 6.07 Å². The van der Waals surface area contributed by atoms with Crippen LogP contribution < -0.4 is 5.32 Å². The average Bonchev–Trinajstić information content (AvgIpc) is 2.93. The maximum absolute atomic E-state index is 12.0. The van der Waals surface area contributed by atoms with E-state index in [1.54, 1.807) is 18.4 Å². The van der Waals surface area contributed by atoms with E-state index in [0.717, 1.165) is 23.6 Å². The van der Waals surface area contributed by atoms with Gasteiger partial charge in [0.1, 0.15) is 0 Å². The number of hydrogen-bond acceptors (Lipinski definition) is 2. The molecule has 0 bridgehead atoms. The van der Waals surface area contributed by atoms with Crippen molar-refractivity contribution in [1.82, 2.24) is 0 Å². The molecule has 0 saturated heterocycles. The molecule has 1 aliphatic carbocycles. The molecular formula is C16H22ClNO2S. The van der Waals surface area contributed by atoms with Crippen LogP contribution in [0.5, 0.6) is 0 Å². The SMILES string of the molecule is C[S@](=O)Cc1cc(NC(=O)CCC2CCCC2)ccc1Cl. The molecule has 0 heterocycles. The van der Waals surface area contributed by atoms with E-state index in [4.69, 9.17) is 11.6 Å². The third-order valence-corrected chi connectivity index (χ3v) is 5.03. The molecule has 0 spiro atoms. The van der Waals surface area contributed by atoms with E-state index in [-0.39, 0.29) is 5.91 Å². The van der Waals surface area contributed by atoms with Gasteiger partial charge in [-0.1, -0.05) is 37.3 Å². The van der Waals surface area contributed by atoms with E-state index in [0.29, 0.717) is 17.2 Å². The summed E-state index contributed by atoms with van der Waals surface area (Å²) in [7, 11) is -0.950. The largest absolute Gasteiger partial charge is 0.326 e. The Kier molecular flexibility index (Phi) is 6.24. The fourth-order valence-corrected chi connectivity index (χ4v) is 3.78. The molecule has 2 rings (SSSR count). The van der Waals surface area contributed by atoms with Crippen LogP contribution in [0, 0.1) is 5.92 Å². The highest BCUT2D eigenvalue weighted by Gasteiger charge is 2.16. The summed E-state index contributed by atoms with van der Waals surface area (Å²) in [6, 6.07) is 5.35. The van der Waals surface area contributed by atoms with E-state index < -0.39 is 10.8 Å². The first-order valence-corrected chi connectivity index (χ1v) is 9.53. The Labute approximate surface area is 133 Å². The number of amides is 1. The lowest BCUT2D eigenvalue weighted by Crippen LogP contribution is -2.13. The lowest BCUT2D eigenvalue weighted by molar-refractivity contribution is -0.116. The Hall–Kier alpha value is -0.870. The van der Waals surface area contributed by atoms with Crippen molar-refractivity contribution in [1.29, 1.82) is 0 Å². The van der Waals surface area contributed by atoms with Gasteiger partial charge in [0.25, 0.3) is 0 Å². The standard InChI is InChI=1S/C16H22ClNO2S/c1-21(20)11-13-10-14(7-8-15(13)17)18-16(19)9-6-12-4-2-3-5-12/h7-8,10,12H,2-6,9,11H2,1H3,(H,18,19)/t21-/m0/s1. The van der Waals surface area contributed by atoms with E-state index in [1.165, 1.54) is 25.7 Å². The minimum atomic E-state index is -0.950. The van der Waals surface area contributed by atoms with Crippen molar-refractivity contribution in [2.24, 2.45) is 5.92 Å². The average molecular weight is 328 g/mol. The van der Waals surface area contributed by atoms with Crippen molar-refractivity contribution in [3.8, 4) is 0 Å². The third-order valence-electron chi connectivity index (χ3n) is 3.94. The van der Waals surface area contributed by atoms with Crippen molar-refractivity contribution in [2.75, 3.05) is 11.6 Å². The Bertz CT molecular complexity index is 527. The van der Waals surface area contributed by atoms with Crippen LogP contribution in [0.3, 0.4) is 0 Å². The third kappa shape index (κ3) is 5.44. The monoisotopic (exact) mass is 327 g/mol. The van der Waals surface area contributed by atoms with E-state index in [2.05, 4.69) is 5.32 Å². The van der Waals surface area contributed by atoms with Crippen LogP contribution in [0.2, 0.25) is 5.02 Å². The Morgan fingerprint density at radius 3 is 2.76 bits per heavy atom. The van der Waals surface area contributed by atoms with Crippen molar-refractivity contribution in [2.45, 2.75) is 44.3 Å². The fourth-order valence-electron chi connectivity index (χ4n) is 2.84. The molecule has 0 aromatic heterocycles. The van der Waals surface area contributed by atoms with Gasteiger partial charge < -0.3 is 5.32 Å². The summed E-state index contributed by atoms with van der Waals surface area (Å²) in [6.45, 7) is 0. The second kappa shape index (κ2) is 7.95. The van der Waals surface area contributed by atoms with E-state index >= 15 is 0 Å². The number of benzene rings is 1. The number of nitrogens with one attached hydrogen (secondary N) is 1. The molecule has 1 saturated carbocycles. The van der Waals surface area contributed by atoms with Gasteiger partial charge in [-0.15, -0.1) is 0 Å². The highest BCUT2D eigenvalue weighted by atomic mass is 35.5. The quantitative estimate of drug-likeness (QED) is 0.854. The Morgan fingerprint density at radius 2 is 2.10 bits per heavy atom. The van der Waals surface area contributed by atoms with Gasteiger partial charge in [-0.2, -0.15) is 0 Å². The molecule has 116 valence electrons. The second-order valence-corrected chi connectivity index (χ2v) is 7.60. The summed E-state index contributed by atoms with van der Waals surface area (Å²) >= 11 is 6.08. The van der Waals surface area contributed by atoms with Crippen molar-refractivity contribution in [3.05, 3.63) is 28.8 Å². The fraction of sp³-hybridized carbons (Fsp3) is 0.562. The van der Waals surface area contributed by atoms with Crippen molar-refractivity contribution >= 4 is 34.0 Å². The van der Waals surface area contributed by atoms with Crippen LogP contribution in [0.15, 0.2) is 18.2 Å². The topological polar surface area (TPSA) is 46.2 Å².